The van der Waals surface area contributed by atoms with Crippen LogP contribution in [0.15, 0.2) is 34.7 Å². The van der Waals surface area contributed by atoms with Gasteiger partial charge >= 0.3 is 5.97 Å². The van der Waals surface area contributed by atoms with Gasteiger partial charge in [0, 0.05) is 5.92 Å². The van der Waals surface area contributed by atoms with Gasteiger partial charge < -0.3 is 14.3 Å². The number of carboxylic acid groups (broad SMARTS) is 1. The predicted molar refractivity (Wildman–Crippen MR) is 68.1 cm³/mol. The Labute approximate surface area is 115 Å². The van der Waals surface area contributed by atoms with Gasteiger partial charge in [-0.25, -0.2) is 4.79 Å². The van der Waals surface area contributed by atoms with Crippen LogP contribution in [0, 0.1) is 0 Å². The van der Waals surface area contributed by atoms with E-state index in [-0.39, 0.29) is 19.1 Å². The molecule has 0 radical (unpaired) electrons. The third-order valence-electron chi connectivity index (χ3n) is 3.27. The van der Waals surface area contributed by atoms with Crippen molar-refractivity contribution in [2.24, 2.45) is 0 Å². The Morgan fingerprint density at radius 3 is 2.85 bits per heavy atom. The van der Waals surface area contributed by atoms with Gasteiger partial charge in [-0.2, -0.15) is 0 Å². The fourth-order valence-electron chi connectivity index (χ4n) is 2.24. The summed E-state index contributed by atoms with van der Waals surface area (Å²) >= 11 is 0. The van der Waals surface area contributed by atoms with E-state index in [9.17, 15) is 4.79 Å². The molecule has 0 amide bonds. The number of rotatable bonds is 6. The Bertz CT molecular complexity index is 596. The summed E-state index contributed by atoms with van der Waals surface area (Å²) in [6.07, 6.45) is 1.00. The van der Waals surface area contributed by atoms with Crippen molar-refractivity contribution in [3.05, 3.63) is 47.7 Å². The number of benzene rings is 1. The highest BCUT2D eigenvalue weighted by molar-refractivity contribution is 5.67. The third kappa shape index (κ3) is 2.85. The lowest BCUT2D eigenvalue weighted by Crippen LogP contribution is -2.06. The van der Waals surface area contributed by atoms with E-state index in [4.69, 9.17) is 14.3 Å². The molecule has 3 rings (SSSR count). The summed E-state index contributed by atoms with van der Waals surface area (Å²) in [5.74, 6) is 0.603. The minimum absolute atomic E-state index is 0.0298. The van der Waals surface area contributed by atoms with Crippen LogP contribution in [0.3, 0.4) is 0 Å². The first-order valence-electron chi connectivity index (χ1n) is 6.41. The highest BCUT2D eigenvalue weighted by Gasteiger charge is 2.43. The van der Waals surface area contributed by atoms with Crippen molar-refractivity contribution in [2.75, 3.05) is 6.61 Å². The highest BCUT2D eigenvalue weighted by atomic mass is 16.5. The van der Waals surface area contributed by atoms with E-state index in [0.29, 0.717) is 17.7 Å². The summed E-state index contributed by atoms with van der Waals surface area (Å²) in [5.41, 5.74) is 1.28. The molecule has 1 aliphatic carbocycles. The van der Waals surface area contributed by atoms with Crippen molar-refractivity contribution in [2.45, 2.75) is 24.9 Å². The Kier molecular flexibility index (Phi) is 3.47. The highest BCUT2D eigenvalue weighted by Crippen LogP contribution is 2.53. The van der Waals surface area contributed by atoms with Gasteiger partial charge in [-0.05, 0) is 17.9 Å². The number of hydrogen-bond donors (Lipinski definition) is 1. The molecular weight excluding hydrogens is 260 g/mol. The van der Waals surface area contributed by atoms with Crippen LogP contribution in [0.2, 0.25) is 0 Å². The minimum atomic E-state index is -1.02. The molecular formula is C14H14N2O4. The summed E-state index contributed by atoms with van der Waals surface area (Å²) in [7, 11) is 0. The average molecular weight is 274 g/mol. The maximum atomic E-state index is 10.3. The van der Waals surface area contributed by atoms with Crippen molar-refractivity contribution in [1.29, 1.82) is 0 Å². The molecule has 1 saturated carbocycles. The molecule has 1 N–H and O–H groups in total. The SMILES string of the molecule is O=C(O)COCc1nnc(C2CC2c2ccccc2)o1. The number of carboxylic acids is 1. The van der Waals surface area contributed by atoms with Crippen LogP contribution < -0.4 is 0 Å². The first-order chi connectivity index (χ1) is 9.74. The van der Waals surface area contributed by atoms with E-state index < -0.39 is 5.97 Å². The van der Waals surface area contributed by atoms with Crippen LogP contribution in [0.5, 0.6) is 0 Å². The van der Waals surface area contributed by atoms with Gasteiger partial charge in [-0.15, -0.1) is 10.2 Å². The van der Waals surface area contributed by atoms with E-state index in [1.54, 1.807) is 0 Å². The van der Waals surface area contributed by atoms with Crippen molar-refractivity contribution in [3.8, 4) is 0 Å². The molecule has 1 aliphatic rings. The number of aliphatic carboxylic acids is 1. The molecule has 1 aromatic carbocycles. The molecule has 20 heavy (non-hydrogen) atoms. The lowest BCUT2D eigenvalue weighted by molar-refractivity contribution is -0.142. The number of nitrogens with zero attached hydrogens (tertiary/aromatic N) is 2. The lowest BCUT2D eigenvalue weighted by Gasteiger charge is -1.97. The van der Waals surface area contributed by atoms with Gasteiger partial charge in [0.15, 0.2) is 0 Å². The normalized spacial score (nSPS) is 20.8. The van der Waals surface area contributed by atoms with Crippen molar-refractivity contribution < 1.29 is 19.1 Å². The topological polar surface area (TPSA) is 85.5 Å². The van der Waals surface area contributed by atoms with Crippen LogP contribution in [-0.2, 0) is 16.1 Å². The fourth-order valence-corrected chi connectivity index (χ4v) is 2.24. The van der Waals surface area contributed by atoms with Crippen LogP contribution in [0.25, 0.3) is 0 Å². The fraction of sp³-hybridized carbons (Fsp3) is 0.357. The molecule has 1 heterocycles. The second-order valence-corrected chi connectivity index (χ2v) is 4.78. The molecule has 0 spiro atoms. The summed E-state index contributed by atoms with van der Waals surface area (Å²) in [5, 5.41) is 16.3. The van der Waals surface area contributed by atoms with Crippen LogP contribution >= 0.6 is 0 Å². The first kappa shape index (κ1) is 12.8. The molecule has 104 valence electrons. The zero-order valence-electron chi connectivity index (χ0n) is 10.7. The van der Waals surface area contributed by atoms with Crippen molar-refractivity contribution in [1.82, 2.24) is 10.2 Å². The second kappa shape index (κ2) is 5.42. The summed E-state index contributed by atoms with van der Waals surface area (Å²) in [4.78, 5) is 10.3. The molecule has 0 saturated heterocycles. The monoisotopic (exact) mass is 274 g/mol. The third-order valence-corrected chi connectivity index (χ3v) is 3.27. The first-order valence-corrected chi connectivity index (χ1v) is 6.41. The largest absolute Gasteiger partial charge is 0.480 e. The number of ether oxygens (including phenoxy) is 1. The van der Waals surface area contributed by atoms with Crippen LogP contribution in [-0.4, -0.2) is 27.9 Å². The molecule has 1 aromatic heterocycles. The van der Waals surface area contributed by atoms with Gasteiger partial charge in [-0.3, -0.25) is 0 Å². The molecule has 1 fully saturated rings. The van der Waals surface area contributed by atoms with E-state index in [1.165, 1.54) is 5.56 Å². The van der Waals surface area contributed by atoms with E-state index in [0.717, 1.165) is 6.42 Å². The number of carbonyl (C=O) groups is 1. The Morgan fingerprint density at radius 2 is 2.10 bits per heavy atom. The van der Waals surface area contributed by atoms with Gasteiger partial charge in [0.05, 0.1) is 0 Å². The number of aromatic nitrogens is 2. The quantitative estimate of drug-likeness (QED) is 0.866. The number of hydrogen-bond acceptors (Lipinski definition) is 5. The minimum Gasteiger partial charge on any atom is -0.480 e. The molecule has 2 aromatic rings. The summed E-state index contributed by atoms with van der Waals surface area (Å²) in [6, 6.07) is 10.2. The van der Waals surface area contributed by atoms with E-state index in [1.807, 2.05) is 18.2 Å². The summed E-state index contributed by atoms with van der Waals surface area (Å²) in [6.45, 7) is -0.337. The molecule has 6 heteroatoms. The molecule has 6 nitrogen and oxygen atoms in total. The maximum absolute atomic E-state index is 10.3. The van der Waals surface area contributed by atoms with E-state index >= 15 is 0 Å². The molecule has 0 bridgehead atoms. The van der Waals surface area contributed by atoms with Crippen molar-refractivity contribution >= 4 is 5.97 Å². The average Bonchev–Trinajstić information content (AvgIpc) is 3.12. The van der Waals surface area contributed by atoms with Crippen LogP contribution in [0.4, 0.5) is 0 Å². The predicted octanol–water partition coefficient (Wildman–Crippen LogP) is 1.94. The zero-order valence-corrected chi connectivity index (χ0v) is 10.7. The zero-order chi connectivity index (χ0) is 13.9. The molecule has 2 unspecified atom stereocenters. The van der Waals surface area contributed by atoms with Gasteiger partial charge in [0.2, 0.25) is 11.8 Å². The molecule has 2 atom stereocenters. The second-order valence-electron chi connectivity index (χ2n) is 4.78. The lowest BCUT2D eigenvalue weighted by atomic mass is 10.1. The standard InChI is InChI=1S/C14H14N2O4/c17-13(18)8-19-7-12-15-16-14(20-12)11-6-10(11)9-4-2-1-3-5-9/h1-5,10-11H,6-8H2,(H,17,18). The van der Waals surface area contributed by atoms with Gasteiger partial charge in [-0.1, -0.05) is 30.3 Å². The van der Waals surface area contributed by atoms with E-state index in [2.05, 4.69) is 22.3 Å². The smallest absolute Gasteiger partial charge is 0.329 e. The Hall–Kier alpha value is -2.21. The van der Waals surface area contributed by atoms with Crippen LogP contribution in [0.1, 0.15) is 35.6 Å². The Balaban J connectivity index is 1.57. The van der Waals surface area contributed by atoms with Gasteiger partial charge in [0.25, 0.3) is 0 Å². The van der Waals surface area contributed by atoms with Gasteiger partial charge in [0.1, 0.15) is 13.2 Å². The van der Waals surface area contributed by atoms with Crippen molar-refractivity contribution in [3.63, 3.8) is 0 Å². The molecule has 0 aliphatic heterocycles. The summed E-state index contributed by atoms with van der Waals surface area (Å²) < 4.78 is 10.4. The Morgan fingerprint density at radius 1 is 1.30 bits per heavy atom. The maximum Gasteiger partial charge on any atom is 0.329 e.